The SMILES string of the molecule is O=C(CCl)NC(c1ccccc1)c1cc(Br)c2cccnc2c1O. The lowest BCUT2D eigenvalue weighted by molar-refractivity contribution is -0.119. The van der Waals surface area contributed by atoms with E-state index in [0.29, 0.717) is 11.1 Å². The number of nitrogens with one attached hydrogen (secondary N) is 1. The fraction of sp³-hybridized carbons (Fsp3) is 0.111. The van der Waals surface area contributed by atoms with Crippen molar-refractivity contribution in [1.29, 1.82) is 0 Å². The molecule has 122 valence electrons. The third kappa shape index (κ3) is 3.23. The average Bonchev–Trinajstić information content (AvgIpc) is 2.63. The zero-order valence-electron chi connectivity index (χ0n) is 12.5. The van der Waals surface area contributed by atoms with Gasteiger partial charge in [0.05, 0.1) is 6.04 Å². The van der Waals surface area contributed by atoms with E-state index in [1.807, 2.05) is 36.4 Å². The largest absolute Gasteiger partial charge is 0.505 e. The van der Waals surface area contributed by atoms with Crippen molar-refractivity contribution in [2.75, 3.05) is 5.88 Å². The van der Waals surface area contributed by atoms with Crippen LogP contribution in [-0.2, 0) is 4.79 Å². The number of fused-ring (bicyclic) bond motifs is 1. The molecule has 0 saturated heterocycles. The topological polar surface area (TPSA) is 62.2 Å². The van der Waals surface area contributed by atoms with Crippen LogP contribution in [-0.4, -0.2) is 21.9 Å². The summed E-state index contributed by atoms with van der Waals surface area (Å²) in [6, 6.07) is 14.3. The predicted octanol–water partition coefficient (Wildman–Crippen LogP) is 4.15. The lowest BCUT2D eigenvalue weighted by atomic mass is 9.96. The summed E-state index contributed by atoms with van der Waals surface area (Å²) in [5.41, 5.74) is 1.87. The van der Waals surface area contributed by atoms with Crippen LogP contribution in [0, 0.1) is 0 Å². The summed E-state index contributed by atoms with van der Waals surface area (Å²) in [5, 5.41) is 14.4. The molecule has 6 heteroatoms. The summed E-state index contributed by atoms with van der Waals surface area (Å²) in [5.74, 6) is -0.434. The maximum Gasteiger partial charge on any atom is 0.235 e. The fourth-order valence-electron chi connectivity index (χ4n) is 2.61. The van der Waals surface area contributed by atoms with Crippen molar-refractivity contribution in [1.82, 2.24) is 10.3 Å². The van der Waals surface area contributed by atoms with Crippen molar-refractivity contribution in [2.45, 2.75) is 6.04 Å². The molecule has 1 atom stereocenters. The summed E-state index contributed by atoms with van der Waals surface area (Å²) < 4.78 is 0.791. The second-order valence-corrected chi connectivity index (χ2v) is 6.36. The van der Waals surface area contributed by atoms with Crippen LogP contribution >= 0.6 is 27.5 Å². The van der Waals surface area contributed by atoms with Crippen LogP contribution < -0.4 is 5.32 Å². The molecule has 0 fully saturated rings. The highest BCUT2D eigenvalue weighted by Crippen LogP contribution is 2.38. The van der Waals surface area contributed by atoms with E-state index in [4.69, 9.17) is 11.6 Å². The second-order valence-electron chi connectivity index (χ2n) is 5.24. The molecule has 3 rings (SSSR count). The normalized spacial score (nSPS) is 12.1. The van der Waals surface area contributed by atoms with E-state index in [2.05, 4.69) is 26.2 Å². The first-order valence-corrected chi connectivity index (χ1v) is 8.61. The summed E-state index contributed by atoms with van der Waals surface area (Å²) >= 11 is 9.16. The Morgan fingerprint density at radius 3 is 2.71 bits per heavy atom. The van der Waals surface area contributed by atoms with Gasteiger partial charge in [0, 0.05) is 21.6 Å². The summed E-state index contributed by atoms with van der Waals surface area (Å²) in [6.45, 7) is 0. The lowest BCUT2D eigenvalue weighted by Gasteiger charge is -2.21. The van der Waals surface area contributed by atoms with Crippen molar-refractivity contribution < 1.29 is 9.90 Å². The first-order chi connectivity index (χ1) is 11.6. The van der Waals surface area contributed by atoms with Crippen LogP contribution in [0.5, 0.6) is 5.75 Å². The number of hydrogen-bond acceptors (Lipinski definition) is 3. The van der Waals surface area contributed by atoms with Gasteiger partial charge in [-0.15, -0.1) is 11.6 Å². The quantitative estimate of drug-likeness (QED) is 0.641. The molecule has 0 aliphatic rings. The highest BCUT2D eigenvalue weighted by Gasteiger charge is 2.22. The maximum atomic E-state index is 11.9. The maximum absolute atomic E-state index is 11.9. The van der Waals surface area contributed by atoms with E-state index in [1.54, 1.807) is 18.3 Å². The molecular formula is C18H14BrClN2O2. The Labute approximate surface area is 152 Å². The Morgan fingerprint density at radius 1 is 1.25 bits per heavy atom. The number of nitrogens with zero attached hydrogens (tertiary/aromatic N) is 1. The molecule has 0 aliphatic carbocycles. The van der Waals surface area contributed by atoms with Crippen molar-refractivity contribution in [3.63, 3.8) is 0 Å². The van der Waals surface area contributed by atoms with Gasteiger partial charge in [0.2, 0.25) is 5.91 Å². The van der Waals surface area contributed by atoms with Crippen molar-refractivity contribution in [2.24, 2.45) is 0 Å². The van der Waals surface area contributed by atoms with E-state index in [-0.39, 0.29) is 17.5 Å². The van der Waals surface area contributed by atoms with Gasteiger partial charge >= 0.3 is 0 Å². The number of benzene rings is 2. The minimum Gasteiger partial charge on any atom is -0.505 e. The van der Waals surface area contributed by atoms with Gasteiger partial charge < -0.3 is 10.4 Å². The Morgan fingerprint density at radius 2 is 2.00 bits per heavy atom. The van der Waals surface area contributed by atoms with Gasteiger partial charge in [-0.2, -0.15) is 0 Å². The third-order valence-electron chi connectivity index (χ3n) is 3.72. The van der Waals surface area contributed by atoms with E-state index >= 15 is 0 Å². The lowest BCUT2D eigenvalue weighted by Crippen LogP contribution is -2.30. The van der Waals surface area contributed by atoms with Gasteiger partial charge in [0.25, 0.3) is 0 Å². The molecule has 24 heavy (non-hydrogen) atoms. The Balaban J connectivity index is 2.19. The number of aromatic hydroxyl groups is 1. The molecule has 0 saturated carbocycles. The monoisotopic (exact) mass is 404 g/mol. The van der Waals surface area contributed by atoms with Crippen LogP contribution in [0.2, 0.25) is 0 Å². The number of rotatable bonds is 4. The van der Waals surface area contributed by atoms with Gasteiger partial charge in [0.15, 0.2) is 0 Å². The molecule has 0 radical (unpaired) electrons. The van der Waals surface area contributed by atoms with Gasteiger partial charge in [-0.3, -0.25) is 9.78 Å². The zero-order chi connectivity index (χ0) is 17.1. The van der Waals surface area contributed by atoms with Gasteiger partial charge in [0.1, 0.15) is 17.1 Å². The molecule has 0 spiro atoms. The number of pyridine rings is 1. The smallest absolute Gasteiger partial charge is 0.235 e. The van der Waals surface area contributed by atoms with E-state index in [9.17, 15) is 9.90 Å². The molecule has 0 aliphatic heterocycles. The fourth-order valence-corrected chi connectivity index (χ4v) is 3.26. The van der Waals surface area contributed by atoms with Gasteiger partial charge in [-0.1, -0.05) is 52.3 Å². The van der Waals surface area contributed by atoms with Crippen LogP contribution in [0.15, 0.2) is 59.2 Å². The molecule has 1 aromatic heterocycles. The number of amides is 1. The van der Waals surface area contributed by atoms with Crippen LogP contribution in [0.3, 0.4) is 0 Å². The minimum atomic E-state index is -0.528. The predicted molar refractivity (Wildman–Crippen MR) is 98.3 cm³/mol. The van der Waals surface area contributed by atoms with Crippen LogP contribution in [0.4, 0.5) is 0 Å². The molecule has 3 aromatic rings. The zero-order valence-corrected chi connectivity index (χ0v) is 14.9. The number of halogens is 2. The minimum absolute atomic E-state index is 0.0394. The standard InChI is InChI=1S/C18H14BrClN2O2/c19-14-9-13(18(24)17-12(14)7-4-8-21-17)16(22-15(23)10-20)11-5-2-1-3-6-11/h1-9,16,24H,10H2,(H,22,23). The number of carbonyl (C=O) groups is 1. The molecule has 2 aromatic carbocycles. The molecule has 0 bridgehead atoms. The van der Waals surface area contributed by atoms with E-state index < -0.39 is 6.04 Å². The Kier molecular flexibility index (Phi) is 5.02. The highest BCUT2D eigenvalue weighted by molar-refractivity contribution is 9.10. The van der Waals surface area contributed by atoms with E-state index in [0.717, 1.165) is 15.4 Å². The molecule has 1 heterocycles. The molecule has 1 unspecified atom stereocenters. The first-order valence-electron chi connectivity index (χ1n) is 7.28. The van der Waals surface area contributed by atoms with Crippen molar-refractivity contribution >= 4 is 44.3 Å². The highest BCUT2D eigenvalue weighted by atomic mass is 79.9. The Bertz CT molecular complexity index is 887. The van der Waals surface area contributed by atoms with Gasteiger partial charge in [-0.25, -0.2) is 0 Å². The number of phenolic OH excluding ortho intramolecular Hbond substituents is 1. The molecule has 4 nitrogen and oxygen atoms in total. The number of alkyl halides is 1. The van der Waals surface area contributed by atoms with Gasteiger partial charge in [-0.05, 0) is 17.7 Å². The summed E-state index contributed by atoms with van der Waals surface area (Å²) in [7, 11) is 0. The van der Waals surface area contributed by atoms with Crippen molar-refractivity contribution in [3.05, 3.63) is 70.3 Å². The number of hydrogen-bond donors (Lipinski definition) is 2. The molecule has 2 N–H and O–H groups in total. The summed E-state index contributed by atoms with van der Waals surface area (Å²) in [6.07, 6.45) is 1.62. The molecule has 1 amide bonds. The number of aromatic nitrogens is 1. The first kappa shape index (κ1) is 16.7. The van der Waals surface area contributed by atoms with E-state index in [1.165, 1.54) is 0 Å². The average molecular weight is 406 g/mol. The Hall–Kier alpha value is -2.11. The van der Waals surface area contributed by atoms with Crippen LogP contribution in [0.25, 0.3) is 10.9 Å². The molecular weight excluding hydrogens is 392 g/mol. The van der Waals surface area contributed by atoms with Crippen LogP contribution in [0.1, 0.15) is 17.2 Å². The number of phenols is 1. The van der Waals surface area contributed by atoms with Crippen molar-refractivity contribution in [3.8, 4) is 5.75 Å². The third-order valence-corrected chi connectivity index (χ3v) is 4.61. The summed E-state index contributed by atoms with van der Waals surface area (Å²) in [4.78, 5) is 16.1. The number of carbonyl (C=O) groups excluding carboxylic acids is 1. The second kappa shape index (κ2) is 7.20.